The first-order valence-electron chi connectivity index (χ1n) is 5.41. The van der Waals surface area contributed by atoms with Crippen LogP contribution < -0.4 is 16.5 Å². The molecule has 2 rings (SSSR count). The Morgan fingerprint density at radius 2 is 1.95 bits per heavy atom. The number of rotatable bonds is 3. The second-order valence-corrected chi connectivity index (χ2v) is 3.78. The molecule has 1 aromatic carbocycles. The number of benzene rings is 1. The third-order valence-corrected chi connectivity index (χ3v) is 2.22. The van der Waals surface area contributed by atoms with Crippen molar-refractivity contribution in [2.24, 2.45) is 5.73 Å². The number of nitrogens with two attached hydrogens (primary N) is 1. The average molecular weight is 260 g/mol. The largest absolute Gasteiger partial charge is 0.350 e. The van der Waals surface area contributed by atoms with Gasteiger partial charge in [-0.2, -0.15) is 4.79 Å². The van der Waals surface area contributed by atoms with Gasteiger partial charge in [0.1, 0.15) is 5.69 Å². The van der Waals surface area contributed by atoms with Crippen LogP contribution in [0.2, 0.25) is 0 Å². The first-order chi connectivity index (χ1) is 9.04. The molecule has 0 bridgehead atoms. The van der Waals surface area contributed by atoms with E-state index in [4.69, 9.17) is 5.73 Å². The number of aromatic nitrogens is 3. The van der Waals surface area contributed by atoms with E-state index in [2.05, 4.69) is 21.1 Å². The van der Waals surface area contributed by atoms with Gasteiger partial charge in [0, 0.05) is 18.2 Å². The van der Waals surface area contributed by atoms with E-state index in [0.717, 1.165) is 10.4 Å². The summed E-state index contributed by atoms with van der Waals surface area (Å²) >= 11 is 0. The van der Waals surface area contributed by atoms with Crippen LogP contribution in [0.1, 0.15) is 6.92 Å². The Hall–Kier alpha value is -2.90. The molecule has 19 heavy (non-hydrogen) atoms. The summed E-state index contributed by atoms with van der Waals surface area (Å²) in [6, 6.07) is 6.33. The van der Waals surface area contributed by atoms with Gasteiger partial charge < -0.3 is 11.1 Å². The molecule has 0 aliphatic carbocycles. The minimum Gasteiger partial charge on any atom is -0.350 e. The Labute approximate surface area is 108 Å². The molecule has 8 heteroatoms. The number of primary amides is 1. The van der Waals surface area contributed by atoms with Gasteiger partial charge in [-0.1, -0.05) is 12.1 Å². The van der Waals surface area contributed by atoms with Crippen LogP contribution in [0.25, 0.3) is 11.3 Å². The van der Waals surface area contributed by atoms with E-state index in [-0.39, 0.29) is 5.91 Å². The lowest BCUT2D eigenvalue weighted by Crippen LogP contribution is -2.28. The highest BCUT2D eigenvalue weighted by Gasteiger charge is 2.05. The predicted molar refractivity (Wildman–Crippen MR) is 68.7 cm³/mol. The highest BCUT2D eigenvalue weighted by molar-refractivity contribution is 5.88. The van der Waals surface area contributed by atoms with Gasteiger partial charge >= 0.3 is 6.03 Å². The third-order valence-electron chi connectivity index (χ3n) is 2.22. The third kappa shape index (κ3) is 3.28. The van der Waals surface area contributed by atoms with E-state index >= 15 is 0 Å². The molecule has 0 aliphatic rings. The van der Waals surface area contributed by atoms with E-state index in [1.807, 2.05) is 0 Å². The molecule has 98 valence electrons. The van der Waals surface area contributed by atoms with Crippen molar-refractivity contribution < 1.29 is 9.59 Å². The fourth-order valence-electron chi connectivity index (χ4n) is 1.49. The second-order valence-electron chi connectivity index (χ2n) is 3.78. The van der Waals surface area contributed by atoms with E-state index < -0.39 is 6.03 Å². The van der Waals surface area contributed by atoms with Crippen LogP contribution >= 0.6 is 0 Å². The van der Waals surface area contributed by atoms with Gasteiger partial charge in [0.2, 0.25) is 5.91 Å². The Balaban J connectivity index is 2.15. The molecule has 0 unspecified atom stereocenters. The molecule has 0 spiro atoms. The normalized spacial score (nSPS) is 9.95. The number of hydrogen-bond acceptors (Lipinski definition) is 4. The summed E-state index contributed by atoms with van der Waals surface area (Å²) < 4.78 is 0. The van der Waals surface area contributed by atoms with Gasteiger partial charge in [-0.3, -0.25) is 4.79 Å². The molecule has 2 aromatic rings. The van der Waals surface area contributed by atoms with Crippen molar-refractivity contribution in [2.45, 2.75) is 6.92 Å². The summed E-state index contributed by atoms with van der Waals surface area (Å²) in [5.74, 6) is -0.135. The van der Waals surface area contributed by atoms with Crippen LogP contribution in [0.5, 0.6) is 0 Å². The molecule has 1 aromatic heterocycles. The van der Waals surface area contributed by atoms with E-state index in [9.17, 15) is 9.59 Å². The first kappa shape index (κ1) is 12.6. The Kier molecular flexibility index (Phi) is 3.42. The molecule has 0 atom stereocenters. The van der Waals surface area contributed by atoms with Crippen molar-refractivity contribution in [3.8, 4) is 11.3 Å². The van der Waals surface area contributed by atoms with Gasteiger partial charge in [0.15, 0.2) is 0 Å². The Morgan fingerprint density at radius 1 is 1.26 bits per heavy atom. The number of carbonyl (C=O) groups is 2. The molecule has 4 N–H and O–H groups in total. The number of carbonyl (C=O) groups excluding carboxylic acids is 2. The minimum absolute atomic E-state index is 0.135. The van der Waals surface area contributed by atoms with Gasteiger partial charge in [-0.15, -0.1) is 5.10 Å². The molecule has 1 heterocycles. The summed E-state index contributed by atoms with van der Waals surface area (Å²) in [6.07, 6.45) is 1.53. The van der Waals surface area contributed by atoms with Crippen LogP contribution in [-0.2, 0) is 4.79 Å². The quantitative estimate of drug-likeness (QED) is 0.746. The van der Waals surface area contributed by atoms with Crippen molar-refractivity contribution in [1.82, 2.24) is 15.1 Å². The summed E-state index contributed by atoms with van der Waals surface area (Å²) in [7, 11) is 0. The van der Waals surface area contributed by atoms with Crippen LogP contribution in [-0.4, -0.2) is 27.0 Å². The summed E-state index contributed by atoms with van der Waals surface area (Å²) in [5, 5.41) is 10.2. The maximum Gasteiger partial charge on any atom is 0.332 e. The zero-order chi connectivity index (χ0) is 13.8. The Bertz CT molecular complexity index is 604. The summed E-state index contributed by atoms with van der Waals surface area (Å²) in [5.41, 5.74) is 9.28. The summed E-state index contributed by atoms with van der Waals surface area (Å²) in [6.45, 7) is 1.44. The highest BCUT2D eigenvalue weighted by Crippen LogP contribution is 2.18. The van der Waals surface area contributed by atoms with Crippen LogP contribution in [0.4, 0.5) is 10.5 Å². The lowest BCUT2D eigenvalue weighted by atomic mass is 10.1. The molecule has 0 aliphatic heterocycles. The van der Waals surface area contributed by atoms with Gasteiger partial charge in [-0.05, 0) is 17.3 Å². The zero-order valence-electron chi connectivity index (χ0n) is 10.1. The Morgan fingerprint density at radius 3 is 2.53 bits per heavy atom. The smallest absolute Gasteiger partial charge is 0.332 e. The molecule has 3 amide bonds. The fourth-order valence-corrected chi connectivity index (χ4v) is 1.49. The maximum absolute atomic E-state index is 10.9. The van der Waals surface area contributed by atoms with Crippen molar-refractivity contribution in [1.29, 1.82) is 0 Å². The molecular formula is C11H12N6O2. The number of amides is 3. The van der Waals surface area contributed by atoms with Gasteiger partial charge in [0.25, 0.3) is 0 Å². The topological polar surface area (TPSA) is 115 Å². The number of nitrogens with one attached hydrogen (secondary N) is 2. The monoisotopic (exact) mass is 260 g/mol. The summed E-state index contributed by atoms with van der Waals surface area (Å²) in [4.78, 5) is 22.7. The maximum atomic E-state index is 10.9. The highest BCUT2D eigenvalue weighted by atomic mass is 16.2. The number of anilines is 1. The van der Waals surface area contributed by atoms with E-state index in [0.29, 0.717) is 11.4 Å². The molecule has 0 radical (unpaired) electrons. The molecule has 8 nitrogen and oxygen atoms in total. The average Bonchev–Trinajstić information content (AvgIpc) is 2.76. The minimum atomic E-state index is -0.725. The second kappa shape index (κ2) is 5.17. The van der Waals surface area contributed by atoms with Crippen molar-refractivity contribution >= 4 is 17.6 Å². The molecule has 0 saturated carbocycles. The number of urea groups is 1. The molecular weight excluding hydrogens is 248 g/mol. The molecule has 0 saturated heterocycles. The zero-order valence-corrected chi connectivity index (χ0v) is 10.1. The van der Waals surface area contributed by atoms with Crippen LogP contribution in [0.3, 0.4) is 0 Å². The van der Waals surface area contributed by atoms with E-state index in [1.54, 1.807) is 24.3 Å². The van der Waals surface area contributed by atoms with Gasteiger partial charge in [-0.25, -0.2) is 10.2 Å². The van der Waals surface area contributed by atoms with Crippen molar-refractivity contribution in [3.05, 3.63) is 30.5 Å². The molecule has 0 fully saturated rings. The number of nitrogens with zero attached hydrogens (tertiary/aromatic N) is 3. The van der Waals surface area contributed by atoms with Crippen molar-refractivity contribution in [3.63, 3.8) is 0 Å². The lowest BCUT2D eigenvalue weighted by Gasteiger charge is -2.02. The standard InChI is InChI=1S/C11H12N6O2/c1-7(18)13-9-4-2-8(3-5-9)10-6-17(16-14-10)15-11(12)19/h2-6H,1H3,(H,13,18)(H3,12,15,19). The fraction of sp³-hybridized carbons (Fsp3) is 0.0909. The van der Waals surface area contributed by atoms with Gasteiger partial charge in [0.05, 0.1) is 6.20 Å². The van der Waals surface area contributed by atoms with E-state index in [1.165, 1.54) is 13.1 Å². The van der Waals surface area contributed by atoms with Crippen molar-refractivity contribution in [2.75, 3.05) is 10.7 Å². The van der Waals surface area contributed by atoms with Crippen LogP contribution in [0, 0.1) is 0 Å². The SMILES string of the molecule is CC(=O)Nc1ccc(-c2cn(NC(N)=O)nn2)cc1. The predicted octanol–water partition coefficient (Wildman–Crippen LogP) is 0.526. The number of hydrogen-bond donors (Lipinski definition) is 3. The lowest BCUT2D eigenvalue weighted by molar-refractivity contribution is -0.114. The first-order valence-corrected chi connectivity index (χ1v) is 5.41. The van der Waals surface area contributed by atoms with Crippen LogP contribution in [0.15, 0.2) is 30.5 Å².